The van der Waals surface area contributed by atoms with Crippen LogP contribution in [0.5, 0.6) is 0 Å². The zero-order valence-electron chi connectivity index (χ0n) is 32.4. The van der Waals surface area contributed by atoms with E-state index in [1.165, 1.54) is 32.7 Å². The molecule has 0 saturated heterocycles. The summed E-state index contributed by atoms with van der Waals surface area (Å²) < 4.78 is 22.8. The number of ether oxygens (including phenoxy) is 4. The summed E-state index contributed by atoms with van der Waals surface area (Å²) in [4.78, 5) is 52.9. The molecular weight excluding hydrogens is 737 g/mol. The Balaban J connectivity index is 1.04. The Kier molecular flexibility index (Phi) is 12.8. The van der Waals surface area contributed by atoms with Crippen molar-refractivity contribution >= 4 is 45.7 Å². The van der Waals surface area contributed by atoms with Crippen molar-refractivity contribution in [2.24, 2.45) is 5.92 Å². The first-order valence-electron chi connectivity index (χ1n) is 19.0. The van der Waals surface area contributed by atoms with Crippen molar-refractivity contribution in [2.75, 3.05) is 24.7 Å². The molecule has 6 rings (SSSR count). The van der Waals surface area contributed by atoms with Crippen LogP contribution in [0.15, 0.2) is 72.8 Å². The van der Waals surface area contributed by atoms with Crippen LogP contribution >= 0.6 is 21.6 Å². The zero-order chi connectivity index (χ0) is 39.3. The monoisotopic (exact) mass is 788 g/mol. The van der Waals surface area contributed by atoms with Crippen LogP contribution in [0.3, 0.4) is 0 Å². The van der Waals surface area contributed by atoms with Crippen molar-refractivity contribution in [3.05, 3.63) is 95.1 Å². The van der Waals surface area contributed by atoms with Gasteiger partial charge in [-0.05, 0) is 99.6 Å². The van der Waals surface area contributed by atoms with Gasteiger partial charge in [0, 0.05) is 23.3 Å². The molecule has 3 aromatic carbocycles. The molecule has 2 N–H and O–H groups in total. The SMILES string of the molecule is CC(C)(C)OC(=O)[C@H](CSSC[C@H](NC(=O)OC[C@@H]1c2ccccc2[C@@H]2CCC[C@H]12)C(=O)OC(C)(C)C)NC(=O)OCC1c2ccccc2-c2ccccc21. The van der Waals surface area contributed by atoms with Gasteiger partial charge in [-0.2, -0.15) is 0 Å². The number of esters is 2. The second-order valence-corrected chi connectivity index (χ2v) is 18.9. The summed E-state index contributed by atoms with van der Waals surface area (Å²) in [6.45, 7) is 10.9. The lowest BCUT2D eigenvalue weighted by Gasteiger charge is -2.25. The van der Waals surface area contributed by atoms with Crippen molar-refractivity contribution in [3.63, 3.8) is 0 Å². The summed E-state index contributed by atoms with van der Waals surface area (Å²) in [5, 5.41) is 5.43. The van der Waals surface area contributed by atoms with Gasteiger partial charge in [0.25, 0.3) is 0 Å². The normalized spacial score (nSPS) is 19.6. The van der Waals surface area contributed by atoms with E-state index in [9.17, 15) is 19.2 Å². The lowest BCUT2D eigenvalue weighted by molar-refractivity contribution is -0.157. The number of nitrogens with one attached hydrogen (secondary N) is 2. The highest BCUT2D eigenvalue weighted by Crippen LogP contribution is 2.54. The molecule has 2 amide bonds. The fourth-order valence-corrected chi connectivity index (χ4v) is 10.2. The first-order chi connectivity index (χ1) is 26.2. The molecule has 3 aromatic rings. The molecule has 0 aliphatic heterocycles. The molecule has 294 valence electrons. The van der Waals surface area contributed by atoms with Crippen molar-refractivity contribution in [1.82, 2.24) is 10.6 Å². The van der Waals surface area contributed by atoms with Gasteiger partial charge in [0.1, 0.15) is 36.5 Å². The summed E-state index contributed by atoms with van der Waals surface area (Å²) >= 11 is 0. The average molecular weight is 789 g/mol. The summed E-state index contributed by atoms with van der Waals surface area (Å²) in [5.74, 6) is -0.0553. The topological polar surface area (TPSA) is 129 Å². The number of hydrogen-bond donors (Lipinski definition) is 2. The molecule has 1 saturated carbocycles. The summed E-state index contributed by atoms with van der Waals surface area (Å²) in [6, 6.07) is 22.5. The van der Waals surface area contributed by atoms with Crippen LogP contribution in [0.25, 0.3) is 11.1 Å². The van der Waals surface area contributed by atoms with Gasteiger partial charge in [0.15, 0.2) is 0 Å². The molecule has 0 radical (unpaired) electrons. The van der Waals surface area contributed by atoms with Gasteiger partial charge in [-0.3, -0.25) is 0 Å². The van der Waals surface area contributed by atoms with Crippen LogP contribution < -0.4 is 10.6 Å². The minimum absolute atomic E-state index is 0.0939. The number of fused-ring (bicyclic) bond motifs is 6. The van der Waals surface area contributed by atoms with Gasteiger partial charge in [0.2, 0.25) is 0 Å². The average Bonchev–Trinajstić information content (AvgIpc) is 3.81. The van der Waals surface area contributed by atoms with E-state index in [0.29, 0.717) is 11.8 Å². The molecule has 0 heterocycles. The number of alkyl carbamates (subject to hydrolysis) is 2. The molecule has 5 atom stereocenters. The Morgan fingerprint density at radius 2 is 1.09 bits per heavy atom. The van der Waals surface area contributed by atoms with Crippen LogP contribution in [0, 0.1) is 5.92 Å². The maximum atomic E-state index is 13.3. The maximum Gasteiger partial charge on any atom is 0.407 e. The molecule has 0 aromatic heterocycles. The number of amides is 2. The predicted molar refractivity (Wildman–Crippen MR) is 216 cm³/mol. The molecule has 0 spiro atoms. The number of rotatable bonds is 13. The van der Waals surface area contributed by atoms with Crippen LogP contribution in [0.4, 0.5) is 9.59 Å². The van der Waals surface area contributed by atoms with Crippen LogP contribution in [0.1, 0.15) is 101 Å². The zero-order valence-corrected chi connectivity index (χ0v) is 34.1. The van der Waals surface area contributed by atoms with Gasteiger partial charge in [0.05, 0.1) is 0 Å². The Labute approximate surface area is 331 Å². The molecular formula is C43H52N2O8S2. The highest BCUT2D eigenvalue weighted by Gasteiger charge is 2.43. The van der Waals surface area contributed by atoms with Gasteiger partial charge in [-0.1, -0.05) is 101 Å². The Morgan fingerprint density at radius 1 is 0.636 bits per heavy atom. The Bertz CT molecular complexity index is 1830. The highest BCUT2D eigenvalue weighted by molar-refractivity contribution is 8.76. The van der Waals surface area contributed by atoms with Crippen molar-refractivity contribution in [3.8, 4) is 11.1 Å². The first kappa shape index (κ1) is 40.5. The minimum atomic E-state index is -1.04. The summed E-state index contributed by atoms with van der Waals surface area (Å²) in [5.41, 5.74) is 5.41. The van der Waals surface area contributed by atoms with Crippen LogP contribution in [-0.4, -0.2) is 72.1 Å². The molecule has 55 heavy (non-hydrogen) atoms. The van der Waals surface area contributed by atoms with E-state index >= 15 is 0 Å². The van der Waals surface area contributed by atoms with Gasteiger partial charge < -0.3 is 29.6 Å². The van der Waals surface area contributed by atoms with E-state index in [4.69, 9.17) is 18.9 Å². The Hall–Kier alpha value is -4.16. The predicted octanol–water partition coefficient (Wildman–Crippen LogP) is 8.73. The fraction of sp³-hybridized carbons (Fsp3) is 0.488. The van der Waals surface area contributed by atoms with Crippen molar-refractivity contribution in [1.29, 1.82) is 0 Å². The third-order valence-corrected chi connectivity index (χ3v) is 12.6. The molecule has 0 unspecified atom stereocenters. The van der Waals surface area contributed by atoms with Gasteiger partial charge in [-0.25, -0.2) is 19.2 Å². The van der Waals surface area contributed by atoms with E-state index in [2.05, 4.69) is 41.0 Å². The van der Waals surface area contributed by atoms with Gasteiger partial charge >= 0.3 is 24.1 Å². The van der Waals surface area contributed by atoms with Crippen molar-refractivity contribution in [2.45, 2.75) is 102 Å². The quantitative estimate of drug-likeness (QED) is 0.0751. The third-order valence-electron chi connectivity index (χ3n) is 10.1. The minimum Gasteiger partial charge on any atom is -0.458 e. The molecule has 3 aliphatic rings. The number of carbonyl (C=O) groups is 4. The second kappa shape index (κ2) is 17.3. The summed E-state index contributed by atoms with van der Waals surface area (Å²) in [7, 11) is 2.51. The van der Waals surface area contributed by atoms with E-state index in [1.807, 2.05) is 42.5 Å². The van der Waals surface area contributed by atoms with Crippen molar-refractivity contribution < 1.29 is 38.1 Å². The molecule has 10 nitrogen and oxygen atoms in total. The number of hydrogen-bond acceptors (Lipinski definition) is 10. The fourth-order valence-electron chi connectivity index (χ4n) is 7.93. The standard InChI is InChI=1S/C43H52N2O8S2/c1-42(2,3)52-38(46)36(44-40(48)50-22-34-30-17-10-7-14-26(30)27-15-8-11-18-31(27)34)24-54-55-25-37(39(47)53-43(4,5)6)45-41(49)51-23-35-32-19-12-9-16-28(32)29-20-13-21-33(29)35/h7-12,14-19,29,33-37H,13,20-25H2,1-6H3,(H,44,48)(H,45,49)/t29-,33-,35+,36-,37-/m0/s1. The van der Waals surface area contributed by atoms with Crippen LogP contribution in [-0.2, 0) is 28.5 Å². The van der Waals surface area contributed by atoms with Crippen LogP contribution in [0.2, 0.25) is 0 Å². The molecule has 12 heteroatoms. The maximum absolute atomic E-state index is 13.3. The lowest BCUT2D eigenvalue weighted by Crippen LogP contribution is -2.46. The second-order valence-electron chi connectivity index (χ2n) is 16.4. The Morgan fingerprint density at radius 3 is 1.60 bits per heavy atom. The highest BCUT2D eigenvalue weighted by atomic mass is 33.1. The van der Waals surface area contributed by atoms with E-state index in [0.717, 1.165) is 41.5 Å². The number of carbonyl (C=O) groups excluding carboxylic acids is 4. The van der Waals surface area contributed by atoms with Gasteiger partial charge in [-0.15, -0.1) is 0 Å². The largest absolute Gasteiger partial charge is 0.458 e. The smallest absolute Gasteiger partial charge is 0.407 e. The summed E-state index contributed by atoms with van der Waals surface area (Å²) in [6.07, 6.45) is 1.98. The molecule has 0 bridgehead atoms. The molecule has 3 aliphatic carbocycles. The lowest BCUT2D eigenvalue weighted by atomic mass is 9.90. The molecule has 1 fully saturated rings. The van der Waals surface area contributed by atoms with E-state index in [-0.39, 0.29) is 36.6 Å². The third kappa shape index (κ3) is 10.2. The first-order valence-corrected chi connectivity index (χ1v) is 21.5. The van der Waals surface area contributed by atoms with E-state index in [1.54, 1.807) is 41.5 Å². The van der Waals surface area contributed by atoms with E-state index < -0.39 is 47.4 Å². The number of benzene rings is 3.